The third kappa shape index (κ3) is 2.86. The molecule has 4 aromatic heterocycles. The van der Waals surface area contributed by atoms with Crippen LogP contribution in [0.5, 0.6) is 0 Å². The van der Waals surface area contributed by atoms with Gasteiger partial charge in [0.15, 0.2) is 0 Å². The van der Waals surface area contributed by atoms with Crippen molar-refractivity contribution in [1.82, 2.24) is 16.5 Å². The molecular weight excluding hydrogens is 566 g/mol. The number of nitrogens with one attached hydrogen (secondary N) is 6. The number of aromatic nitrogens is 4. The first-order valence-corrected chi connectivity index (χ1v) is 15.9. The van der Waals surface area contributed by atoms with Crippen molar-refractivity contribution in [2.45, 2.75) is 0 Å². The summed E-state index contributed by atoms with van der Waals surface area (Å²) in [5, 5.41) is 24.8. The van der Waals surface area contributed by atoms with Crippen LogP contribution in [0.25, 0.3) is 43.1 Å². The molecule has 8 nitrogen and oxygen atoms in total. The average Bonchev–Trinajstić information content (AvgIpc) is 3.72. The van der Waals surface area contributed by atoms with E-state index in [1.54, 1.807) is 0 Å². The Kier molecular flexibility index (Phi) is 4.09. The Morgan fingerprint density at radius 3 is 0.854 bits per heavy atom. The van der Waals surface area contributed by atoms with Crippen molar-refractivity contribution in [3.8, 4) is 0 Å². The van der Waals surface area contributed by atoms with Crippen LogP contribution in [0.3, 0.4) is 0 Å². The second-order valence-corrected chi connectivity index (χ2v) is 13.3. The van der Waals surface area contributed by atoms with Crippen LogP contribution in [0.2, 0.25) is 0 Å². The number of H-pyrrole nitrogens is 2. The number of hydrogen-bond acceptors (Lipinski definition) is 4. The van der Waals surface area contributed by atoms with E-state index in [4.69, 9.17) is 0 Å². The van der Waals surface area contributed by atoms with Crippen molar-refractivity contribution < 1.29 is 0 Å². The first kappa shape index (κ1) is 21.7. The fraction of sp³-hybridized carbons (Fsp3) is 0. The molecule has 0 saturated heterocycles. The van der Waals surface area contributed by atoms with Crippen molar-refractivity contribution >= 4 is 108 Å². The van der Waals surface area contributed by atoms with Crippen LogP contribution in [0.15, 0.2) is 97.1 Å². The molecule has 8 aromatic rings. The molecule has 4 aromatic carbocycles. The van der Waals surface area contributed by atoms with Crippen LogP contribution in [0.1, 0.15) is 0 Å². The fourth-order valence-electron chi connectivity index (χ4n) is 6.62. The molecule has 0 aliphatic carbocycles. The van der Waals surface area contributed by atoms with Gasteiger partial charge in [-0.15, -0.1) is 0 Å². The minimum atomic E-state index is -1.42. The molecule has 0 fully saturated rings. The van der Waals surface area contributed by atoms with E-state index in [2.05, 4.69) is 135 Å². The van der Waals surface area contributed by atoms with Crippen molar-refractivity contribution in [2.24, 2.45) is 0 Å². The normalized spacial score (nSPS) is 13.4. The monoisotopic (exact) mass is 587 g/mol. The second-order valence-electron chi connectivity index (χ2n) is 10.7. The van der Waals surface area contributed by atoms with Gasteiger partial charge < -0.3 is 0 Å². The van der Waals surface area contributed by atoms with Crippen molar-refractivity contribution in [3.63, 3.8) is 0 Å². The summed E-state index contributed by atoms with van der Waals surface area (Å²) in [6.07, 6.45) is 0. The Balaban J connectivity index is 1.40. The number of fused-ring (bicyclic) bond motifs is 16. The second kappa shape index (κ2) is 7.75. The molecule has 0 spiro atoms. The summed E-state index contributed by atoms with van der Waals surface area (Å²) < 4.78 is 5.01. The molecule has 6 bridgehead atoms. The number of nitrogens with zero attached hydrogens (tertiary/aromatic N) is 2. The first-order chi connectivity index (χ1) is 20.3. The van der Waals surface area contributed by atoms with E-state index in [0.717, 1.165) is 68.1 Å². The summed E-state index contributed by atoms with van der Waals surface area (Å²) in [5.41, 5.74) is 0. The zero-order chi connectivity index (χ0) is 26.7. The van der Waals surface area contributed by atoms with Gasteiger partial charge in [-0.2, -0.15) is 0 Å². The van der Waals surface area contributed by atoms with E-state index in [1.165, 1.54) is 21.5 Å². The molecule has 6 N–H and O–H groups in total. The maximum atomic E-state index is 3.86. The van der Waals surface area contributed by atoms with E-state index < -0.39 is 17.9 Å². The molecule has 2 aliphatic rings. The Morgan fingerprint density at radius 1 is 0.341 bits per heavy atom. The van der Waals surface area contributed by atoms with Gasteiger partial charge in [-0.05, 0) is 0 Å². The maximum absolute atomic E-state index is 3.86. The molecule has 1 radical (unpaired) electrons. The molecule has 41 heavy (non-hydrogen) atoms. The van der Waals surface area contributed by atoms with Crippen LogP contribution < -0.4 is 21.3 Å². The summed E-state index contributed by atoms with van der Waals surface area (Å²) in [7, 11) is 0. The Hall–Kier alpha value is -5.12. The van der Waals surface area contributed by atoms with Gasteiger partial charge in [-0.1, -0.05) is 0 Å². The summed E-state index contributed by atoms with van der Waals surface area (Å²) in [6.45, 7) is 0. The van der Waals surface area contributed by atoms with Gasteiger partial charge in [-0.25, -0.2) is 0 Å². The number of anilines is 8. The molecule has 0 unspecified atom stereocenters. The zero-order valence-corrected chi connectivity index (χ0v) is 24.1. The molecule has 10 rings (SSSR count). The molecule has 0 atom stereocenters. The summed E-state index contributed by atoms with van der Waals surface area (Å²) in [6, 6.07) is 34.5. The van der Waals surface area contributed by atoms with Gasteiger partial charge in [-0.3, -0.25) is 0 Å². The van der Waals surface area contributed by atoms with Gasteiger partial charge in [0.05, 0.1) is 0 Å². The first-order valence-electron chi connectivity index (χ1n) is 13.7. The summed E-state index contributed by atoms with van der Waals surface area (Å²) >= 11 is -1.42. The van der Waals surface area contributed by atoms with E-state index in [0.29, 0.717) is 0 Å². The van der Waals surface area contributed by atoms with Crippen LogP contribution in [-0.4, -0.2) is 34.4 Å². The molecule has 193 valence electrons. The van der Waals surface area contributed by atoms with Crippen molar-refractivity contribution in [1.29, 1.82) is 0 Å². The van der Waals surface area contributed by atoms with Gasteiger partial charge >= 0.3 is 242 Å². The quantitative estimate of drug-likeness (QED) is 0.101. The SMILES string of the molecule is c1ccc2c3[nH]c(c2c1)Nc1c2ccccc2c2[n]1[Ga][n]1c(c4ccccc4c1Nc1[nH]c(c4ccccc14)N2)N3. The minimum absolute atomic E-state index is 0.985. The Morgan fingerprint density at radius 2 is 0.585 bits per heavy atom. The van der Waals surface area contributed by atoms with Crippen LogP contribution in [-0.2, 0) is 0 Å². The standard InChI is InChI=1S/C32H22N8.Ga/c1-2-10-18-17(9-1)25-33-26(18)38-28-21-13-5-6-14-22(21)30(35-28)40-32-24-16-8-7-15-23(24)31(36-32)39-29-20-12-4-3-11-19(20)27(34-29)37-25;/h1-16,33,36-40H;/q-2;+2. The van der Waals surface area contributed by atoms with Crippen molar-refractivity contribution in [3.05, 3.63) is 97.1 Å². The van der Waals surface area contributed by atoms with E-state index in [1.807, 2.05) is 0 Å². The topological polar surface area (TPSA) is 89.6 Å². The third-order valence-corrected chi connectivity index (χ3v) is 11.6. The number of benzene rings is 4. The van der Waals surface area contributed by atoms with Crippen molar-refractivity contribution in [2.75, 3.05) is 21.3 Å². The van der Waals surface area contributed by atoms with Gasteiger partial charge in [0, 0.05) is 0 Å². The number of rotatable bonds is 0. The predicted molar refractivity (Wildman–Crippen MR) is 170 cm³/mol. The fourth-order valence-corrected chi connectivity index (χ4v) is 9.78. The van der Waals surface area contributed by atoms with E-state index in [-0.39, 0.29) is 0 Å². The van der Waals surface area contributed by atoms with Gasteiger partial charge in [0.2, 0.25) is 0 Å². The predicted octanol–water partition coefficient (Wildman–Crippen LogP) is 8.09. The molecule has 6 heterocycles. The molecule has 0 amide bonds. The Labute approximate surface area is 241 Å². The van der Waals surface area contributed by atoms with Crippen LogP contribution >= 0.6 is 0 Å². The molecule has 0 saturated carbocycles. The summed E-state index contributed by atoms with van der Waals surface area (Å²) in [5.74, 6) is 8.31. The average molecular weight is 588 g/mol. The summed E-state index contributed by atoms with van der Waals surface area (Å²) in [4.78, 5) is 7.40. The molecule has 2 aliphatic heterocycles. The van der Waals surface area contributed by atoms with Gasteiger partial charge in [0.25, 0.3) is 0 Å². The zero-order valence-electron chi connectivity index (χ0n) is 21.7. The Bertz CT molecular complexity index is 2050. The van der Waals surface area contributed by atoms with Crippen LogP contribution in [0.4, 0.5) is 46.5 Å². The third-order valence-electron chi connectivity index (χ3n) is 8.47. The van der Waals surface area contributed by atoms with E-state index in [9.17, 15) is 0 Å². The van der Waals surface area contributed by atoms with Crippen LogP contribution in [0, 0.1) is 0 Å². The number of hydrogen-bond donors (Lipinski definition) is 6. The van der Waals surface area contributed by atoms with E-state index >= 15 is 0 Å². The van der Waals surface area contributed by atoms with Gasteiger partial charge in [0.1, 0.15) is 0 Å². The number of aromatic amines is 2. The molecular formula is C32H22GaN8. The molecule has 9 heteroatoms.